The van der Waals surface area contributed by atoms with Gasteiger partial charge in [-0.15, -0.1) is 0 Å². The Kier molecular flexibility index (Phi) is 3.62. The summed E-state index contributed by atoms with van der Waals surface area (Å²) in [6.07, 6.45) is 5.08. The highest BCUT2D eigenvalue weighted by atomic mass is 35.5. The molecule has 2 heterocycles. The summed E-state index contributed by atoms with van der Waals surface area (Å²) in [6, 6.07) is 0.258. The van der Waals surface area contributed by atoms with E-state index >= 15 is 0 Å². The van der Waals surface area contributed by atoms with Crippen molar-refractivity contribution in [1.82, 2.24) is 14.9 Å². The summed E-state index contributed by atoms with van der Waals surface area (Å²) in [6.45, 7) is 5.07. The van der Waals surface area contributed by atoms with Crippen molar-refractivity contribution in [3.8, 4) is 0 Å². The van der Waals surface area contributed by atoms with Gasteiger partial charge in [-0.2, -0.15) is 0 Å². The van der Waals surface area contributed by atoms with Gasteiger partial charge in [-0.05, 0) is 25.7 Å². The van der Waals surface area contributed by atoms with Gasteiger partial charge in [-0.25, -0.2) is 9.97 Å². The van der Waals surface area contributed by atoms with Crippen LogP contribution in [0.1, 0.15) is 37.2 Å². The van der Waals surface area contributed by atoms with Crippen molar-refractivity contribution in [1.29, 1.82) is 0 Å². The molecule has 1 fully saturated rings. The normalized spacial score (nSPS) is 24.8. The summed E-state index contributed by atoms with van der Waals surface area (Å²) in [5.74, 6) is 0.487. The highest BCUT2D eigenvalue weighted by Crippen LogP contribution is 2.24. The smallest absolute Gasteiger partial charge is 0.274 e. The number of amides is 1. The van der Waals surface area contributed by atoms with E-state index in [0.717, 1.165) is 13.0 Å². The number of nitrogens with zero attached hydrogens (tertiary/aromatic N) is 3. The lowest BCUT2D eigenvalue weighted by Gasteiger charge is -2.37. The van der Waals surface area contributed by atoms with E-state index < -0.39 is 0 Å². The number of piperidine rings is 1. The minimum atomic E-state index is -0.0479. The van der Waals surface area contributed by atoms with Gasteiger partial charge in [0, 0.05) is 12.6 Å². The molecule has 0 radical (unpaired) electrons. The molecule has 2 atom stereocenters. The second-order valence-corrected chi connectivity index (χ2v) is 4.97. The van der Waals surface area contributed by atoms with E-state index in [4.69, 9.17) is 11.6 Å². The Balaban J connectivity index is 2.16. The first-order valence-electron chi connectivity index (χ1n) is 5.88. The van der Waals surface area contributed by atoms with Crippen LogP contribution in [0.3, 0.4) is 0 Å². The molecule has 0 aliphatic carbocycles. The van der Waals surface area contributed by atoms with Crippen LogP contribution >= 0.6 is 11.6 Å². The Morgan fingerprint density at radius 1 is 1.41 bits per heavy atom. The Labute approximate surface area is 106 Å². The maximum atomic E-state index is 12.2. The third kappa shape index (κ3) is 2.57. The van der Waals surface area contributed by atoms with Crippen molar-refractivity contribution < 1.29 is 4.79 Å². The van der Waals surface area contributed by atoms with Gasteiger partial charge in [0.2, 0.25) is 0 Å². The van der Waals surface area contributed by atoms with Crippen LogP contribution < -0.4 is 0 Å². The van der Waals surface area contributed by atoms with E-state index in [1.807, 2.05) is 4.90 Å². The minimum absolute atomic E-state index is 0.0479. The predicted molar refractivity (Wildman–Crippen MR) is 65.9 cm³/mol. The van der Waals surface area contributed by atoms with Gasteiger partial charge in [-0.1, -0.05) is 18.5 Å². The average molecular weight is 254 g/mol. The van der Waals surface area contributed by atoms with Crippen LogP contribution in [-0.4, -0.2) is 33.4 Å². The summed E-state index contributed by atoms with van der Waals surface area (Å²) in [5, 5.41) is 0.307. The highest BCUT2D eigenvalue weighted by Gasteiger charge is 2.29. The number of hydrogen-bond donors (Lipinski definition) is 0. The molecule has 5 heteroatoms. The fraction of sp³-hybridized carbons (Fsp3) is 0.583. The zero-order valence-electron chi connectivity index (χ0n) is 10.1. The van der Waals surface area contributed by atoms with Crippen LogP contribution in [0.5, 0.6) is 0 Å². The van der Waals surface area contributed by atoms with Crippen LogP contribution in [0.4, 0.5) is 0 Å². The molecule has 92 valence electrons. The average Bonchev–Trinajstić information content (AvgIpc) is 2.33. The lowest BCUT2D eigenvalue weighted by molar-refractivity contribution is 0.0544. The SMILES string of the molecule is CC1CCCN(C(=O)c2cnc(Cl)cn2)C1C. The molecule has 0 saturated carbocycles. The molecule has 0 bridgehead atoms. The Hall–Kier alpha value is -1.16. The molecule has 1 aromatic heterocycles. The molecule has 0 spiro atoms. The van der Waals surface area contributed by atoms with E-state index in [9.17, 15) is 4.79 Å². The predicted octanol–water partition coefficient (Wildman–Crippen LogP) is 2.39. The molecule has 0 aromatic carbocycles. The van der Waals surface area contributed by atoms with E-state index in [1.165, 1.54) is 18.8 Å². The van der Waals surface area contributed by atoms with Gasteiger partial charge in [0.1, 0.15) is 10.8 Å². The van der Waals surface area contributed by atoms with Crippen LogP contribution in [0.2, 0.25) is 5.15 Å². The summed E-state index contributed by atoms with van der Waals surface area (Å²) in [5.41, 5.74) is 0.371. The number of rotatable bonds is 1. The number of carbonyl (C=O) groups excluding carboxylic acids is 1. The van der Waals surface area contributed by atoms with E-state index in [1.54, 1.807) is 0 Å². The molecule has 1 saturated heterocycles. The third-order valence-corrected chi connectivity index (χ3v) is 3.67. The zero-order chi connectivity index (χ0) is 12.4. The fourth-order valence-corrected chi connectivity index (χ4v) is 2.29. The van der Waals surface area contributed by atoms with Crippen molar-refractivity contribution in [3.63, 3.8) is 0 Å². The van der Waals surface area contributed by atoms with Crippen LogP contribution in [0.25, 0.3) is 0 Å². The Morgan fingerprint density at radius 2 is 2.18 bits per heavy atom. The van der Waals surface area contributed by atoms with Gasteiger partial charge >= 0.3 is 0 Å². The van der Waals surface area contributed by atoms with Gasteiger partial charge in [0.25, 0.3) is 5.91 Å². The van der Waals surface area contributed by atoms with Gasteiger partial charge in [0.05, 0.1) is 12.4 Å². The second-order valence-electron chi connectivity index (χ2n) is 4.58. The summed E-state index contributed by atoms with van der Waals surface area (Å²) < 4.78 is 0. The molecule has 1 aliphatic heterocycles. The lowest BCUT2D eigenvalue weighted by Crippen LogP contribution is -2.46. The molecular formula is C12H16ClN3O. The summed E-state index contributed by atoms with van der Waals surface area (Å²) in [4.78, 5) is 22.1. The van der Waals surface area contributed by atoms with E-state index in [-0.39, 0.29) is 11.9 Å². The minimum Gasteiger partial charge on any atom is -0.334 e. The quantitative estimate of drug-likeness (QED) is 0.772. The molecule has 1 amide bonds. The van der Waals surface area contributed by atoms with Crippen molar-refractivity contribution >= 4 is 17.5 Å². The maximum Gasteiger partial charge on any atom is 0.274 e. The monoisotopic (exact) mass is 253 g/mol. The first-order chi connectivity index (χ1) is 8.09. The summed E-state index contributed by atoms with van der Waals surface area (Å²) in [7, 11) is 0. The van der Waals surface area contributed by atoms with Crippen molar-refractivity contribution in [2.24, 2.45) is 5.92 Å². The van der Waals surface area contributed by atoms with Gasteiger partial charge in [-0.3, -0.25) is 4.79 Å². The van der Waals surface area contributed by atoms with Gasteiger partial charge < -0.3 is 4.90 Å². The molecule has 2 unspecified atom stereocenters. The van der Waals surface area contributed by atoms with Crippen LogP contribution in [0, 0.1) is 5.92 Å². The number of aromatic nitrogens is 2. The van der Waals surface area contributed by atoms with Crippen LogP contribution in [0.15, 0.2) is 12.4 Å². The Morgan fingerprint density at radius 3 is 2.82 bits per heavy atom. The number of halogens is 1. The first kappa shape index (κ1) is 12.3. The zero-order valence-corrected chi connectivity index (χ0v) is 10.8. The summed E-state index contributed by atoms with van der Waals surface area (Å²) >= 11 is 5.66. The first-order valence-corrected chi connectivity index (χ1v) is 6.26. The van der Waals surface area contributed by atoms with Gasteiger partial charge in [0.15, 0.2) is 0 Å². The lowest BCUT2D eigenvalue weighted by atomic mass is 9.92. The number of carbonyl (C=O) groups is 1. The molecule has 17 heavy (non-hydrogen) atoms. The number of likely N-dealkylation sites (tertiary alicyclic amines) is 1. The molecule has 1 aromatic rings. The topological polar surface area (TPSA) is 46.1 Å². The largest absolute Gasteiger partial charge is 0.334 e. The van der Waals surface area contributed by atoms with Crippen LogP contribution in [-0.2, 0) is 0 Å². The van der Waals surface area contributed by atoms with E-state index in [0.29, 0.717) is 16.8 Å². The molecule has 2 rings (SSSR count). The standard InChI is InChI=1S/C12H16ClN3O/c1-8-4-3-5-16(9(8)2)12(17)10-6-15-11(13)7-14-10/h6-9H,3-5H2,1-2H3. The van der Waals surface area contributed by atoms with E-state index in [2.05, 4.69) is 23.8 Å². The van der Waals surface area contributed by atoms with Crippen molar-refractivity contribution in [2.45, 2.75) is 32.7 Å². The second kappa shape index (κ2) is 5.00. The highest BCUT2D eigenvalue weighted by molar-refractivity contribution is 6.29. The third-order valence-electron chi connectivity index (χ3n) is 3.47. The molecule has 1 aliphatic rings. The van der Waals surface area contributed by atoms with Crippen molar-refractivity contribution in [2.75, 3.05) is 6.54 Å². The molecule has 4 nitrogen and oxygen atoms in total. The molecule has 0 N–H and O–H groups in total. The maximum absolute atomic E-state index is 12.2. The number of hydrogen-bond acceptors (Lipinski definition) is 3. The molecular weight excluding hydrogens is 238 g/mol. The Bertz CT molecular complexity index is 407. The fourth-order valence-electron chi connectivity index (χ4n) is 2.19. The van der Waals surface area contributed by atoms with Crippen molar-refractivity contribution in [3.05, 3.63) is 23.2 Å².